The molecule has 2 amide bonds. The van der Waals surface area contributed by atoms with Gasteiger partial charge in [0.1, 0.15) is 16.6 Å². The van der Waals surface area contributed by atoms with Crippen LogP contribution in [0.4, 0.5) is 0 Å². The van der Waals surface area contributed by atoms with E-state index in [1.807, 2.05) is 26.2 Å². The highest BCUT2D eigenvalue weighted by molar-refractivity contribution is 7.09. The standard InChI is InChI=1S/C15H21N3O2S/c1-9(2)12-13(19)17-15(3,10-4-5-10)14(20)18(12)8-11-16-6-7-21-11/h6-7,9-10,12H,4-5,8H2,1-3H3,(H,17,19). The smallest absolute Gasteiger partial charge is 0.249 e. The predicted molar refractivity (Wildman–Crippen MR) is 80.6 cm³/mol. The zero-order chi connectivity index (χ0) is 15.2. The molecule has 1 saturated carbocycles. The number of aromatic nitrogens is 1. The molecule has 21 heavy (non-hydrogen) atoms. The molecule has 2 unspecified atom stereocenters. The SMILES string of the molecule is CC(C)C1C(=O)NC(C)(C2CC2)C(=O)N1Cc1nccs1. The largest absolute Gasteiger partial charge is 0.340 e. The van der Waals surface area contributed by atoms with Gasteiger partial charge in [-0.2, -0.15) is 0 Å². The van der Waals surface area contributed by atoms with Crippen molar-refractivity contribution in [3.8, 4) is 0 Å². The van der Waals surface area contributed by atoms with Crippen LogP contribution in [0, 0.1) is 11.8 Å². The number of nitrogens with zero attached hydrogens (tertiary/aromatic N) is 2. The molecule has 1 aliphatic carbocycles. The van der Waals surface area contributed by atoms with Gasteiger partial charge >= 0.3 is 0 Å². The second kappa shape index (κ2) is 5.09. The van der Waals surface area contributed by atoms with Crippen LogP contribution in [0.3, 0.4) is 0 Å². The van der Waals surface area contributed by atoms with Crippen LogP contribution in [-0.4, -0.2) is 33.3 Å². The molecule has 0 spiro atoms. The van der Waals surface area contributed by atoms with Gasteiger partial charge < -0.3 is 10.2 Å². The summed E-state index contributed by atoms with van der Waals surface area (Å²) >= 11 is 1.52. The Balaban J connectivity index is 1.92. The number of carbonyl (C=O) groups is 2. The molecule has 1 N–H and O–H groups in total. The van der Waals surface area contributed by atoms with Gasteiger partial charge in [-0.1, -0.05) is 13.8 Å². The lowest BCUT2D eigenvalue weighted by Crippen LogP contribution is -2.70. The van der Waals surface area contributed by atoms with E-state index in [1.54, 1.807) is 11.1 Å². The highest BCUT2D eigenvalue weighted by Crippen LogP contribution is 2.43. The first-order valence-electron chi connectivity index (χ1n) is 7.45. The summed E-state index contributed by atoms with van der Waals surface area (Å²) in [4.78, 5) is 31.6. The van der Waals surface area contributed by atoms with Crippen molar-refractivity contribution < 1.29 is 9.59 Å². The van der Waals surface area contributed by atoms with Crippen LogP contribution in [-0.2, 0) is 16.1 Å². The molecule has 1 saturated heterocycles. The molecule has 6 heteroatoms. The Labute approximate surface area is 128 Å². The second-order valence-corrected chi connectivity index (χ2v) is 7.49. The van der Waals surface area contributed by atoms with E-state index in [-0.39, 0.29) is 23.7 Å². The van der Waals surface area contributed by atoms with Crippen molar-refractivity contribution in [3.05, 3.63) is 16.6 Å². The fourth-order valence-electron chi connectivity index (χ4n) is 3.20. The van der Waals surface area contributed by atoms with Crippen LogP contribution in [0.25, 0.3) is 0 Å². The molecule has 2 atom stereocenters. The minimum absolute atomic E-state index is 0.0319. The van der Waals surface area contributed by atoms with Crippen molar-refractivity contribution in [1.82, 2.24) is 15.2 Å². The molecule has 1 aromatic heterocycles. The topological polar surface area (TPSA) is 62.3 Å². The van der Waals surface area contributed by atoms with E-state index >= 15 is 0 Å². The first-order valence-corrected chi connectivity index (χ1v) is 8.33. The maximum absolute atomic E-state index is 13.0. The maximum atomic E-state index is 13.0. The number of carbonyl (C=O) groups excluding carboxylic acids is 2. The van der Waals surface area contributed by atoms with E-state index in [9.17, 15) is 9.59 Å². The Morgan fingerprint density at radius 3 is 2.71 bits per heavy atom. The third-order valence-electron chi connectivity index (χ3n) is 4.51. The average Bonchev–Trinajstić information content (AvgIpc) is 3.15. The Hall–Kier alpha value is -1.43. The third-order valence-corrected chi connectivity index (χ3v) is 5.27. The second-order valence-electron chi connectivity index (χ2n) is 6.51. The summed E-state index contributed by atoms with van der Waals surface area (Å²) < 4.78 is 0. The van der Waals surface area contributed by atoms with Crippen molar-refractivity contribution in [3.63, 3.8) is 0 Å². The number of amides is 2. The Bertz CT molecular complexity index is 553. The summed E-state index contributed by atoms with van der Waals surface area (Å²) in [7, 11) is 0. The first-order chi connectivity index (χ1) is 9.93. The van der Waals surface area contributed by atoms with E-state index in [0.717, 1.165) is 17.8 Å². The molecular weight excluding hydrogens is 286 g/mol. The minimum Gasteiger partial charge on any atom is -0.340 e. The fraction of sp³-hybridized carbons (Fsp3) is 0.667. The fourth-order valence-corrected chi connectivity index (χ4v) is 3.81. The van der Waals surface area contributed by atoms with Gasteiger partial charge in [-0.25, -0.2) is 4.98 Å². The van der Waals surface area contributed by atoms with Crippen molar-refractivity contribution in [1.29, 1.82) is 0 Å². The Morgan fingerprint density at radius 1 is 1.48 bits per heavy atom. The molecule has 5 nitrogen and oxygen atoms in total. The van der Waals surface area contributed by atoms with E-state index in [0.29, 0.717) is 6.54 Å². The molecule has 1 aromatic rings. The van der Waals surface area contributed by atoms with E-state index in [2.05, 4.69) is 10.3 Å². The number of thiazole rings is 1. The van der Waals surface area contributed by atoms with Gasteiger partial charge in [-0.05, 0) is 31.6 Å². The number of piperazine rings is 1. The van der Waals surface area contributed by atoms with E-state index in [4.69, 9.17) is 0 Å². The lowest BCUT2D eigenvalue weighted by atomic mass is 9.86. The molecule has 2 fully saturated rings. The molecule has 0 radical (unpaired) electrons. The first kappa shape index (κ1) is 14.5. The molecule has 2 aliphatic rings. The van der Waals surface area contributed by atoms with Crippen LogP contribution in [0.5, 0.6) is 0 Å². The predicted octanol–water partition coefficient (Wildman–Crippen LogP) is 1.79. The molecule has 3 rings (SSSR count). The van der Waals surface area contributed by atoms with Crippen LogP contribution in [0.15, 0.2) is 11.6 Å². The van der Waals surface area contributed by atoms with E-state index < -0.39 is 11.6 Å². The minimum atomic E-state index is -0.736. The van der Waals surface area contributed by atoms with Crippen molar-refractivity contribution in [2.75, 3.05) is 0 Å². The summed E-state index contributed by atoms with van der Waals surface area (Å²) in [6.45, 7) is 6.25. The van der Waals surface area contributed by atoms with Crippen molar-refractivity contribution in [2.24, 2.45) is 11.8 Å². The summed E-state index contributed by atoms with van der Waals surface area (Å²) in [6, 6.07) is -0.409. The van der Waals surface area contributed by atoms with Gasteiger partial charge in [0.25, 0.3) is 0 Å². The molecule has 114 valence electrons. The number of hydrogen-bond donors (Lipinski definition) is 1. The van der Waals surface area contributed by atoms with E-state index in [1.165, 1.54) is 11.3 Å². The van der Waals surface area contributed by atoms with Crippen LogP contribution in [0.1, 0.15) is 38.6 Å². The molecular formula is C15H21N3O2S. The van der Waals surface area contributed by atoms with Gasteiger partial charge in [0.15, 0.2) is 0 Å². The zero-order valence-corrected chi connectivity index (χ0v) is 13.4. The van der Waals surface area contributed by atoms with Gasteiger partial charge in [-0.15, -0.1) is 11.3 Å². The summed E-state index contributed by atoms with van der Waals surface area (Å²) in [5.74, 6) is 0.368. The Morgan fingerprint density at radius 2 is 2.19 bits per heavy atom. The van der Waals surface area contributed by atoms with Crippen molar-refractivity contribution in [2.45, 2.75) is 51.7 Å². The lowest BCUT2D eigenvalue weighted by molar-refractivity contribution is -0.158. The monoisotopic (exact) mass is 307 g/mol. The average molecular weight is 307 g/mol. The Kier molecular flexibility index (Phi) is 3.51. The highest BCUT2D eigenvalue weighted by atomic mass is 32.1. The van der Waals surface area contributed by atoms with Crippen LogP contribution < -0.4 is 5.32 Å². The maximum Gasteiger partial charge on any atom is 0.249 e. The lowest BCUT2D eigenvalue weighted by Gasteiger charge is -2.45. The summed E-state index contributed by atoms with van der Waals surface area (Å²) in [6.07, 6.45) is 3.76. The zero-order valence-electron chi connectivity index (χ0n) is 12.6. The number of nitrogens with one attached hydrogen (secondary N) is 1. The normalized spacial score (nSPS) is 29.9. The van der Waals surface area contributed by atoms with Crippen LogP contribution in [0.2, 0.25) is 0 Å². The highest BCUT2D eigenvalue weighted by Gasteiger charge is 2.55. The quantitative estimate of drug-likeness (QED) is 0.922. The summed E-state index contributed by atoms with van der Waals surface area (Å²) in [5.41, 5.74) is -0.736. The number of hydrogen-bond acceptors (Lipinski definition) is 4. The van der Waals surface area contributed by atoms with Gasteiger partial charge in [0.2, 0.25) is 11.8 Å². The molecule has 0 aromatic carbocycles. The molecule has 0 bridgehead atoms. The number of rotatable bonds is 4. The van der Waals surface area contributed by atoms with Gasteiger partial charge in [-0.3, -0.25) is 9.59 Å². The summed E-state index contributed by atoms with van der Waals surface area (Å²) in [5, 5.41) is 5.77. The molecule has 2 heterocycles. The van der Waals surface area contributed by atoms with Crippen molar-refractivity contribution >= 4 is 23.2 Å². The third kappa shape index (κ3) is 2.46. The van der Waals surface area contributed by atoms with Gasteiger partial charge in [0.05, 0.1) is 6.54 Å². The van der Waals surface area contributed by atoms with Gasteiger partial charge in [0, 0.05) is 11.6 Å². The van der Waals surface area contributed by atoms with Crippen LogP contribution >= 0.6 is 11.3 Å². The molecule has 1 aliphatic heterocycles.